The van der Waals surface area contributed by atoms with Gasteiger partial charge in [-0.3, -0.25) is 0 Å². The molecule has 0 unspecified atom stereocenters. The minimum atomic E-state index is 0.298. The molecule has 2 atom stereocenters. The number of nitrogens with zero attached hydrogens (tertiary/aromatic N) is 1. The number of nitrogens with one attached hydrogen (secondary N) is 1. The highest BCUT2D eigenvalue weighted by atomic mass is 15.1. The normalized spacial score (nSPS) is 14.1. The largest absolute Gasteiger partial charge is 0.378 e. The second kappa shape index (κ2) is 6.58. The van der Waals surface area contributed by atoms with Gasteiger partial charge in [-0.2, -0.15) is 0 Å². The van der Waals surface area contributed by atoms with Gasteiger partial charge in [0.2, 0.25) is 0 Å². The maximum absolute atomic E-state index is 3.64. The third-order valence-corrected chi connectivity index (χ3v) is 3.86. The summed E-state index contributed by atoms with van der Waals surface area (Å²) in [6, 6.07) is 19.8. The molecule has 0 aromatic heterocycles. The highest BCUT2D eigenvalue weighted by Gasteiger charge is 2.13. The van der Waals surface area contributed by atoms with E-state index in [1.54, 1.807) is 0 Å². The molecule has 0 aliphatic carbocycles. The van der Waals surface area contributed by atoms with E-state index in [1.807, 2.05) is 0 Å². The Hall–Kier alpha value is -1.80. The van der Waals surface area contributed by atoms with Gasteiger partial charge < -0.3 is 10.2 Å². The fourth-order valence-electron chi connectivity index (χ4n) is 2.33. The molecule has 0 radical (unpaired) electrons. The molecule has 0 heterocycles. The van der Waals surface area contributed by atoms with Crippen LogP contribution in [0.4, 0.5) is 5.69 Å². The number of para-hydroxylation sites is 1. The minimum absolute atomic E-state index is 0.298. The lowest BCUT2D eigenvalue weighted by Crippen LogP contribution is -2.19. The summed E-state index contributed by atoms with van der Waals surface area (Å²) in [7, 11) is 4.23. The van der Waals surface area contributed by atoms with Crippen molar-refractivity contribution in [1.82, 2.24) is 4.90 Å². The molecule has 2 nitrogen and oxygen atoms in total. The number of hydrogen-bond acceptors (Lipinski definition) is 2. The molecule has 2 aromatic carbocycles. The number of hydrogen-bond donors (Lipinski definition) is 1. The van der Waals surface area contributed by atoms with Crippen LogP contribution in [0.3, 0.4) is 0 Å². The zero-order valence-electron chi connectivity index (χ0n) is 12.8. The molecule has 0 fully saturated rings. The van der Waals surface area contributed by atoms with Crippen molar-refractivity contribution < 1.29 is 0 Å². The molecule has 0 spiro atoms. The quantitative estimate of drug-likeness (QED) is 0.860. The maximum Gasteiger partial charge on any atom is 0.0485 e. The predicted molar refractivity (Wildman–Crippen MR) is 87.0 cm³/mol. The molecule has 0 bridgehead atoms. The van der Waals surface area contributed by atoms with E-state index in [2.05, 4.69) is 92.8 Å². The third kappa shape index (κ3) is 3.40. The fourth-order valence-corrected chi connectivity index (χ4v) is 2.33. The van der Waals surface area contributed by atoms with E-state index in [0.717, 1.165) is 0 Å². The van der Waals surface area contributed by atoms with Gasteiger partial charge in [0.1, 0.15) is 0 Å². The SMILES string of the molecule is C[C@H](Nc1ccccc1[C@@H](C)N(C)C)c1ccccc1. The van der Waals surface area contributed by atoms with Crippen molar-refractivity contribution in [3.05, 3.63) is 65.7 Å². The van der Waals surface area contributed by atoms with Crippen molar-refractivity contribution >= 4 is 5.69 Å². The molecule has 106 valence electrons. The summed E-state index contributed by atoms with van der Waals surface area (Å²) in [4.78, 5) is 2.23. The van der Waals surface area contributed by atoms with Crippen molar-refractivity contribution in [3.63, 3.8) is 0 Å². The van der Waals surface area contributed by atoms with Crippen LogP contribution in [0, 0.1) is 0 Å². The summed E-state index contributed by atoms with van der Waals surface area (Å²) in [5.41, 5.74) is 3.85. The highest BCUT2D eigenvalue weighted by molar-refractivity contribution is 5.53. The van der Waals surface area contributed by atoms with Crippen molar-refractivity contribution in [1.29, 1.82) is 0 Å². The summed E-state index contributed by atoms with van der Waals surface area (Å²) in [6.07, 6.45) is 0. The molecule has 0 saturated heterocycles. The number of benzene rings is 2. The molecule has 0 saturated carbocycles. The Kier molecular flexibility index (Phi) is 4.80. The van der Waals surface area contributed by atoms with Crippen LogP contribution in [0.15, 0.2) is 54.6 Å². The van der Waals surface area contributed by atoms with Gasteiger partial charge in [0, 0.05) is 17.8 Å². The molecule has 0 aliphatic rings. The van der Waals surface area contributed by atoms with Gasteiger partial charge in [0.05, 0.1) is 0 Å². The van der Waals surface area contributed by atoms with Crippen LogP contribution in [0.2, 0.25) is 0 Å². The second-order valence-corrected chi connectivity index (χ2v) is 5.50. The lowest BCUT2D eigenvalue weighted by atomic mass is 10.0. The van der Waals surface area contributed by atoms with Crippen LogP contribution in [0.5, 0.6) is 0 Å². The van der Waals surface area contributed by atoms with E-state index in [0.29, 0.717) is 12.1 Å². The summed E-state index contributed by atoms with van der Waals surface area (Å²) in [5.74, 6) is 0. The first-order chi connectivity index (χ1) is 9.59. The zero-order valence-corrected chi connectivity index (χ0v) is 12.8. The van der Waals surface area contributed by atoms with E-state index >= 15 is 0 Å². The van der Waals surface area contributed by atoms with E-state index in [9.17, 15) is 0 Å². The minimum Gasteiger partial charge on any atom is -0.378 e. The van der Waals surface area contributed by atoms with Gasteiger partial charge in [0.15, 0.2) is 0 Å². The lowest BCUT2D eigenvalue weighted by molar-refractivity contribution is 0.321. The second-order valence-electron chi connectivity index (χ2n) is 5.50. The molecule has 2 heteroatoms. The number of anilines is 1. The third-order valence-electron chi connectivity index (χ3n) is 3.86. The van der Waals surface area contributed by atoms with Crippen LogP contribution in [-0.4, -0.2) is 19.0 Å². The Balaban J connectivity index is 2.21. The molecule has 1 N–H and O–H groups in total. The van der Waals surface area contributed by atoms with Crippen LogP contribution in [-0.2, 0) is 0 Å². The molecular formula is C18H24N2. The molecule has 2 rings (SSSR count). The Morgan fingerprint density at radius 3 is 2.10 bits per heavy atom. The summed E-state index contributed by atoms with van der Waals surface area (Å²) in [6.45, 7) is 4.43. The van der Waals surface area contributed by atoms with Crippen molar-refractivity contribution in [2.24, 2.45) is 0 Å². The standard InChI is InChI=1S/C18H24N2/c1-14(16-10-6-5-7-11-16)19-18-13-9-8-12-17(18)15(2)20(3)4/h5-15,19H,1-4H3/t14-,15+/m0/s1. The Labute approximate surface area is 122 Å². The van der Waals surface area contributed by atoms with Crippen LogP contribution >= 0.6 is 0 Å². The Morgan fingerprint density at radius 2 is 1.45 bits per heavy atom. The maximum atomic E-state index is 3.64. The molecular weight excluding hydrogens is 244 g/mol. The van der Waals surface area contributed by atoms with Gasteiger partial charge >= 0.3 is 0 Å². The van der Waals surface area contributed by atoms with E-state index in [4.69, 9.17) is 0 Å². The van der Waals surface area contributed by atoms with E-state index < -0.39 is 0 Å². The lowest BCUT2D eigenvalue weighted by Gasteiger charge is -2.25. The van der Waals surface area contributed by atoms with E-state index in [1.165, 1.54) is 16.8 Å². The van der Waals surface area contributed by atoms with Gasteiger partial charge in [0.25, 0.3) is 0 Å². The van der Waals surface area contributed by atoms with E-state index in [-0.39, 0.29) is 0 Å². The average molecular weight is 268 g/mol. The van der Waals surface area contributed by atoms with Gasteiger partial charge in [-0.25, -0.2) is 0 Å². The Bertz CT molecular complexity index is 534. The molecule has 2 aromatic rings. The fraction of sp³-hybridized carbons (Fsp3) is 0.333. The van der Waals surface area contributed by atoms with Gasteiger partial charge in [-0.1, -0.05) is 48.5 Å². The average Bonchev–Trinajstić information content (AvgIpc) is 2.48. The van der Waals surface area contributed by atoms with Crippen LogP contribution in [0.1, 0.15) is 37.1 Å². The van der Waals surface area contributed by atoms with Gasteiger partial charge in [-0.15, -0.1) is 0 Å². The van der Waals surface area contributed by atoms with Crippen molar-refractivity contribution in [3.8, 4) is 0 Å². The molecule has 20 heavy (non-hydrogen) atoms. The summed E-state index contributed by atoms with van der Waals surface area (Å²) in [5, 5.41) is 3.64. The van der Waals surface area contributed by atoms with Crippen molar-refractivity contribution in [2.75, 3.05) is 19.4 Å². The Morgan fingerprint density at radius 1 is 0.850 bits per heavy atom. The van der Waals surface area contributed by atoms with Crippen LogP contribution in [0.25, 0.3) is 0 Å². The first-order valence-electron chi connectivity index (χ1n) is 7.16. The highest BCUT2D eigenvalue weighted by Crippen LogP contribution is 2.28. The predicted octanol–water partition coefficient (Wildman–Crippen LogP) is 4.48. The van der Waals surface area contributed by atoms with Crippen molar-refractivity contribution in [2.45, 2.75) is 25.9 Å². The monoisotopic (exact) mass is 268 g/mol. The zero-order chi connectivity index (χ0) is 14.5. The molecule has 0 aliphatic heterocycles. The smallest absolute Gasteiger partial charge is 0.0485 e. The summed E-state index contributed by atoms with van der Waals surface area (Å²) < 4.78 is 0. The summed E-state index contributed by atoms with van der Waals surface area (Å²) >= 11 is 0. The molecule has 0 amide bonds. The van der Waals surface area contributed by atoms with Gasteiger partial charge in [-0.05, 0) is 45.1 Å². The topological polar surface area (TPSA) is 15.3 Å². The number of rotatable bonds is 5. The first kappa shape index (κ1) is 14.6. The van der Waals surface area contributed by atoms with Crippen LogP contribution < -0.4 is 5.32 Å². The first-order valence-corrected chi connectivity index (χ1v) is 7.16.